The number of hydrogen-bond acceptors (Lipinski definition) is 3. The summed E-state index contributed by atoms with van der Waals surface area (Å²) < 4.78 is 0. The van der Waals surface area contributed by atoms with Crippen LogP contribution in [0.4, 0.5) is 11.5 Å². The van der Waals surface area contributed by atoms with Gasteiger partial charge in [0.05, 0.1) is 11.9 Å². The second-order valence-corrected chi connectivity index (χ2v) is 4.07. The molecule has 0 spiro atoms. The zero-order chi connectivity index (χ0) is 13.7. The van der Waals surface area contributed by atoms with E-state index in [2.05, 4.69) is 15.6 Å². The molecule has 0 atom stereocenters. The van der Waals surface area contributed by atoms with Crippen molar-refractivity contribution in [3.8, 4) is 0 Å². The molecule has 0 unspecified atom stereocenters. The molecule has 0 aliphatic rings. The minimum Gasteiger partial charge on any atom is -0.325 e. The lowest BCUT2D eigenvalue weighted by molar-refractivity contribution is -0.116. The van der Waals surface area contributed by atoms with Crippen molar-refractivity contribution in [2.75, 3.05) is 10.6 Å². The molecule has 1 rings (SSSR count). The maximum Gasteiger partial charge on any atom is 0.225 e. The standard InChI is InChI=1S/C13H19N3O2/c1-5-11(17)15-10-7-14-13(9(4)8(10)3)16-12(18)6-2/h7H,5-6H2,1-4H3,(H,15,17)(H,14,16,18). The molecule has 0 aromatic carbocycles. The van der Waals surface area contributed by atoms with Crippen LogP contribution in [0.5, 0.6) is 0 Å². The van der Waals surface area contributed by atoms with E-state index in [1.807, 2.05) is 13.8 Å². The van der Waals surface area contributed by atoms with E-state index in [1.165, 1.54) is 0 Å². The molecule has 0 fully saturated rings. The van der Waals surface area contributed by atoms with E-state index in [9.17, 15) is 9.59 Å². The van der Waals surface area contributed by atoms with Crippen LogP contribution >= 0.6 is 0 Å². The SMILES string of the molecule is CCC(=O)Nc1cnc(NC(=O)CC)c(C)c1C. The highest BCUT2D eigenvalue weighted by molar-refractivity contribution is 5.93. The molecule has 1 aromatic heterocycles. The molecular formula is C13H19N3O2. The number of amides is 2. The Bertz CT molecular complexity index is 427. The summed E-state index contributed by atoms with van der Waals surface area (Å²) in [4.78, 5) is 26.8. The van der Waals surface area contributed by atoms with Crippen LogP contribution < -0.4 is 10.6 Å². The van der Waals surface area contributed by atoms with Gasteiger partial charge in [-0.25, -0.2) is 4.98 Å². The van der Waals surface area contributed by atoms with Crippen molar-refractivity contribution in [2.45, 2.75) is 40.5 Å². The first-order chi connectivity index (χ1) is 8.49. The summed E-state index contributed by atoms with van der Waals surface area (Å²) in [6, 6.07) is 0. The lowest BCUT2D eigenvalue weighted by Crippen LogP contribution is -2.15. The van der Waals surface area contributed by atoms with Crippen LogP contribution in [-0.4, -0.2) is 16.8 Å². The van der Waals surface area contributed by atoms with Crippen LogP contribution in [0.25, 0.3) is 0 Å². The summed E-state index contributed by atoms with van der Waals surface area (Å²) in [6.45, 7) is 7.34. The zero-order valence-electron chi connectivity index (χ0n) is 11.3. The third kappa shape index (κ3) is 3.29. The highest BCUT2D eigenvalue weighted by Gasteiger charge is 2.11. The van der Waals surface area contributed by atoms with Gasteiger partial charge in [-0.1, -0.05) is 13.8 Å². The van der Waals surface area contributed by atoms with Crippen LogP contribution in [0.15, 0.2) is 6.20 Å². The summed E-state index contributed by atoms with van der Waals surface area (Å²) in [7, 11) is 0. The Kier molecular flexibility index (Phi) is 4.83. The molecule has 2 N–H and O–H groups in total. The van der Waals surface area contributed by atoms with Gasteiger partial charge in [0.15, 0.2) is 0 Å². The molecule has 0 saturated heterocycles. The Labute approximate surface area is 107 Å². The number of anilines is 2. The molecule has 0 radical (unpaired) electrons. The van der Waals surface area contributed by atoms with E-state index in [0.717, 1.165) is 11.1 Å². The highest BCUT2D eigenvalue weighted by Crippen LogP contribution is 2.23. The molecule has 5 nitrogen and oxygen atoms in total. The number of hydrogen-bond donors (Lipinski definition) is 2. The smallest absolute Gasteiger partial charge is 0.225 e. The zero-order valence-corrected chi connectivity index (χ0v) is 11.3. The third-order valence-corrected chi connectivity index (χ3v) is 2.82. The fraction of sp³-hybridized carbons (Fsp3) is 0.462. The average Bonchev–Trinajstić information content (AvgIpc) is 2.37. The van der Waals surface area contributed by atoms with Gasteiger partial charge in [0.2, 0.25) is 11.8 Å². The Balaban J connectivity index is 2.97. The van der Waals surface area contributed by atoms with Crippen molar-refractivity contribution in [3.63, 3.8) is 0 Å². The molecule has 0 bridgehead atoms. The second kappa shape index (κ2) is 6.14. The molecule has 5 heteroatoms. The molecular weight excluding hydrogens is 230 g/mol. The van der Waals surface area contributed by atoms with Crippen LogP contribution in [-0.2, 0) is 9.59 Å². The van der Waals surface area contributed by atoms with E-state index in [1.54, 1.807) is 20.0 Å². The number of aromatic nitrogens is 1. The van der Waals surface area contributed by atoms with Crippen molar-refractivity contribution in [1.82, 2.24) is 4.98 Å². The summed E-state index contributed by atoms with van der Waals surface area (Å²) in [6.07, 6.45) is 2.41. The van der Waals surface area contributed by atoms with Gasteiger partial charge < -0.3 is 10.6 Å². The predicted octanol–water partition coefficient (Wildman–Crippen LogP) is 2.40. The summed E-state index contributed by atoms with van der Waals surface area (Å²) in [5.74, 6) is 0.425. The first kappa shape index (κ1) is 14.2. The lowest BCUT2D eigenvalue weighted by Gasteiger charge is -2.13. The Morgan fingerprint density at radius 3 is 2.17 bits per heavy atom. The van der Waals surface area contributed by atoms with Crippen LogP contribution in [0.3, 0.4) is 0 Å². The largest absolute Gasteiger partial charge is 0.325 e. The Morgan fingerprint density at radius 2 is 1.61 bits per heavy atom. The number of pyridine rings is 1. The van der Waals surface area contributed by atoms with E-state index >= 15 is 0 Å². The number of carbonyl (C=O) groups excluding carboxylic acids is 2. The van der Waals surface area contributed by atoms with Gasteiger partial charge in [-0.2, -0.15) is 0 Å². The Hall–Kier alpha value is -1.91. The van der Waals surface area contributed by atoms with Crippen molar-refractivity contribution in [3.05, 3.63) is 17.3 Å². The summed E-state index contributed by atoms with van der Waals surface area (Å²) in [5.41, 5.74) is 2.47. The van der Waals surface area contributed by atoms with Gasteiger partial charge >= 0.3 is 0 Å². The second-order valence-electron chi connectivity index (χ2n) is 4.07. The van der Waals surface area contributed by atoms with E-state index in [0.29, 0.717) is 24.3 Å². The molecule has 0 aliphatic carbocycles. The minimum absolute atomic E-state index is 0.0513. The normalized spacial score (nSPS) is 10.0. The van der Waals surface area contributed by atoms with Gasteiger partial charge in [-0.15, -0.1) is 0 Å². The van der Waals surface area contributed by atoms with Crippen molar-refractivity contribution >= 4 is 23.3 Å². The van der Waals surface area contributed by atoms with Crippen molar-refractivity contribution in [2.24, 2.45) is 0 Å². The van der Waals surface area contributed by atoms with Gasteiger partial charge in [0.25, 0.3) is 0 Å². The lowest BCUT2D eigenvalue weighted by atomic mass is 10.1. The molecule has 0 aliphatic heterocycles. The molecule has 1 heterocycles. The molecule has 1 aromatic rings. The van der Waals surface area contributed by atoms with Crippen LogP contribution in [0, 0.1) is 13.8 Å². The van der Waals surface area contributed by atoms with Gasteiger partial charge in [-0.3, -0.25) is 9.59 Å². The Morgan fingerprint density at radius 1 is 1.06 bits per heavy atom. The fourth-order valence-electron chi connectivity index (χ4n) is 1.41. The molecule has 18 heavy (non-hydrogen) atoms. The molecule has 98 valence electrons. The average molecular weight is 249 g/mol. The summed E-state index contributed by atoms with van der Waals surface area (Å²) in [5, 5.41) is 5.51. The summed E-state index contributed by atoms with van der Waals surface area (Å²) >= 11 is 0. The molecule has 2 amide bonds. The quantitative estimate of drug-likeness (QED) is 0.860. The van der Waals surface area contributed by atoms with Gasteiger partial charge in [0, 0.05) is 12.8 Å². The molecule has 0 saturated carbocycles. The monoisotopic (exact) mass is 249 g/mol. The topological polar surface area (TPSA) is 71.1 Å². The number of rotatable bonds is 4. The van der Waals surface area contributed by atoms with Gasteiger partial charge in [-0.05, 0) is 25.0 Å². The number of nitrogens with zero attached hydrogens (tertiary/aromatic N) is 1. The first-order valence-electron chi connectivity index (χ1n) is 6.05. The van der Waals surface area contributed by atoms with Gasteiger partial charge in [0.1, 0.15) is 5.82 Å². The van der Waals surface area contributed by atoms with E-state index < -0.39 is 0 Å². The number of carbonyl (C=O) groups is 2. The third-order valence-electron chi connectivity index (χ3n) is 2.82. The highest BCUT2D eigenvalue weighted by atomic mass is 16.2. The number of nitrogens with one attached hydrogen (secondary N) is 2. The minimum atomic E-state index is -0.0738. The van der Waals surface area contributed by atoms with E-state index in [4.69, 9.17) is 0 Å². The van der Waals surface area contributed by atoms with Crippen molar-refractivity contribution < 1.29 is 9.59 Å². The predicted molar refractivity (Wildman–Crippen MR) is 71.6 cm³/mol. The fourth-order valence-corrected chi connectivity index (χ4v) is 1.41. The van der Waals surface area contributed by atoms with Crippen LogP contribution in [0.1, 0.15) is 37.8 Å². The maximum absolute atomic E-state index is 11.3. The van der Waals surface area contributed by atoms with Crippen LogP contribution in [0.2, 0.25) is 0 Å². The first-order valence-corrected chi connectivity index (χ1v) is 6.05. The maximum atomic E-state index is 11.3. The van der Waals surface area contributed by atoms with E-state index in [-0.39, 0.29) is 11.8 Å². The van der Waals surface area contributed by atoms with Crippen molar-refractivity contribution in [1.29, 1.82) is 0 Å².